The second kappa shape index (κ2) is 12.2. The second-order valence-electron chi connectivity index (χ2n) is 8.26. The highest BCUT2D eigenvalue weighted by Crippen LogP contribution is 2.39. The molecule has 2 aromatic rings. The number of ether oxygens (including phenoxy) is 4. The fraction of sp³-hybridized carbons (Fsp3) is 0.538. The number of benzene rings is 2. The van der Waals surface area contributed by atoms with Gasteiger partial charge in [-0.05, 0) is 56.2 Å². The zero-order valence-electron chi connectivity index (χ0n) is 20.3. The standard InChI is InChI=1S/C26H38O6/c1-7-30-15-19-11-22(10-18(14-29-6)24(19)27)26(4,5)23-12-20(16-31-8-2)25(28)21(13-23)17-32-9-3/h10-13,27-28H,7-9,14-17H2,1-6H3. The van der Waals surface area contributed by atoms with Gasteiger partial charge in [-0.1, -0.05) is 13.8 Å². The van der Waals surface area contributed by atoms with Gasteiger partial charge in [0.15, 0.2) is 0 Å². The van der Waals surface area contributed by atoms with E-state index in [1.54, 1.807) is 7.11 Å². The summed E-state index contributed by atoms with van der Waals surface area (Å²) < 4.78 is 22.1. The Labute approximate surface area is 192 Å². The Morgan fingerprint density at radius 2 is 0.938 bits per heavy atom. The zero-order chi connectivity index (χ0) is 23.7. The van der Waals surface area contributed by atoms with Crippen LogP contribution in [0.2, 0.25) is 0 Å². The monoisotopic (exact) mass is 446 g/mol. The summed E-state index contributed by atoms with van der Waals surface area (Å²) in [5.74, 6) is 0.425. The molecule has 0 aliphatic rings. The lowest BCUT2D eigenvalue weighted by molar-refractivity contribution is 0.126. The molecule has 0 aliphatic heterocycles. The van der Waals surface area contributed by atoms with Crippen LogP contribution >= 0.6 is 0 Å². The molecule has 0 bridgehead atoms. The molecule has 178 valence electrons. The van der Waals surface area contributed by atoms with Gasteiger partial charge in [0.05, 0.1) is 26.4 Å². The average molecular weight is 447 g/mol. The Balaban J connectivity index is 2.60. The number of methoxy groups -OCH3 is 1. The first-order valence-corrected chi connectivity index (χ1v) is 11.2. The first kappa shape index (κ1) is 26.1. The van der Waals surface area contributed by atoms with Crippen LogP contribution < -0.4 is 0 Å². The fourth-order valence-corrected chi connectivity index (χ4v) is 3.64. The summed E-state index contributed by atoms with van der Waals surface area (Å²) in [6.07, 6.45) is 0. The van der Waals surface area contributed by atoms with Crippen molar-refractivity contribution in [2.45, 2.75) is 66.5 Å². The van der Waals surface area contributed by atoms with E-state index in [-0.39, 0.29) is 11.5 Å². The fourth-order valence-electron chi connectivity index (χ4n) is 3.64. The van der Waals surface area contributed by atoms with Gasteiger partial charge in [-0.2, -0.15) is 0 Å². The minimum atomic E-state index is -0.424. The maximum Gasteiger partial charge on any atom is 0.126 e. The SMILES string of the molecule is CCOCc1cc(C(C)(C)c2cc(COCC)c(O)c(COCC)c2)cc(COC)c1O. The molecule has 0 amide bonds. The van der Waals surface area contributed by atoms with Crippen LogP contribution in [0.15, 0.2) is 24.3 Å². The molecule has 0 heterocycles. The van der Waals surface area contributed by atoms with Gasteiger partial charge in [0.2, 0.25) is 0 Å². The second-order valence-corrected chi connectivity index (χ2v) is 8.26. The van der Waals surface area contributed by atoms with Gasteiger partial charge in [-0.3, -0.25) is 0 Å². The van der Waals surface area contributed by atoms with Gasteiger partial charge in [0.1, 0.15) is 11.5 Å². The van der Waals surface area contributed by atoms with E-state index in [4.69, 9.17) is 18.9 Å². The summed E-state index contributed by atoms with van der Waals surface area (Å²) in [5.41, 5.74) is 4.54. The van der Waals surface area contributed by atoms with Crippen LogP contribution in [0.3, 0.4) is 0 Å². The Morgan fingerprint density at radius 3 is 1.22 bits per heavy atom. The van der Waals surface area contributed by atoms with E-state index in [9.17, 15) is 10.2 Å². The van der Waals surface area contributed by atoms with Gasteiger partial charge < -0.3 is 29.2 Å². The van der Waals surface area contributed by atoms with Crippen LogP contribution in [0, 0.1) is 0 Å². The maximum absolute atomic E-state index is 10.8. The van der Waals surface area contributed by atoms with Crippen molar-refractivity contribution in [1.82, 2.24) is 0 Å². The predicted octanol–water partition coefficient (Wildman–Crippen LogP) is 5.18. The molecule has 0 radical (unpaired) electrons. The highest BCUT2D eigenvalue weighted by Gasteiger charge is 2.28. The van der Waals surface area contributed by atoms with Crippen LogP contribution in [0.25, 0.3) is 0 Å². The molecule has 0 atom stereocenters. The Kier molecular flexibility index (Phi) is 9.97. The van der Waals surface area contributed by atoms with Crippen molar-refractivity contribution >= 4 is 0 Å². The van der Waals surface area contributed by atoms with Crippen LogP contribution in [0.4, 0.5) is 0 Å². The van der Waals surface area contributed by atoms with Gasteiger partial charge in [0.25, 0.3) is 0 Å². The van der Waals surface area contributed by atoms with Crippen LogP contribution in [0.1, 0.15) is 68.0 Å². The molecule has 0 fully saturated rings. The molecule has 0 saturated heterocycles. The minimum absolute atomic E-state index is 0.208. The number of hydrogen-bond donors (Lipinski definition) is 2. The van der Waals surface area contributed by atoms with Gasteiger partial charge in [0, 0.05) is 54.6 Å². The largest absolute Gasteiger partial charge is 0.507 e. The molecule has 0 aromatic heterocycles. The minimum Gasteiger partial charge on any atom is -0.507 e. The Bertz CT molecular complexity index is 846. The van der Waals surface area contributed by atoms with Crippen molar-refractivity contribution in [3.63, 3.8) is 0 Å². The summed E-state index contributed by atoms with van der Waals surface area (Å²) >= 11 is 0. The molecular weight excluding hydrogens is 408 g/mol. The molecule has 2 aromatic carbocycles. The smallest absolute Gasteiger partial charge is 0.126 e. The van der Waals surface area contributed by atoms with Gasteiger partial charge >= 0.3 is 0 Å². The predicted molar refractivity (Wildman–Crippen MR) is 125 cm³/mol. The lowest BCUT2D eigenvalue weighted by atomic mass is 9.76. The first-order chi connectivity index (χ1) is 15.3. The number of hydrogen-bond acceptors (Lipinski definition) is 6. The summed E-state index contributed by atoms with van der Waals surface area (Å²) in [4.78, 5) is 0. The van der Waals surface area contributed by atoms with E-state index in [1.807, 2.05) is 45.0 Å². The third-order valence-corrected chi connectivity index (χ3v) is 5.66. The number of phenols is 2. The Hall–Kier alpha value is -2.12. The molecule has 0 aliphatic carbocycles. The van der Waals surface area contributed by atoms with Crippen molar-refractivity contribution in [3.8, 4) is 11.5 Å². The van der Waals surface area contributed by atoms with Gasteiger partial charge in [-0.25, -0.2) is 0 Å². The van der Waals surface area contributed by atoms with Crippen molar-refractivity contribution in [1.29, 1.82) is 0 Å². The lowest BCUT2D eigenvalue weighted by Gasteiger charge is -2.29. The molecule has 32 heavy (non-hydrogen) atoms. The number of phenolic OH excluding ortho intramolecular Hbond substituents is 2. The number of rotatable bonds is 13. The third kappa shape index (κ3) is 6.23. The molecule has 0 unspecified atom stereocenters. The van der Waals surface area contributed by atoms with Crippen molar-refractivity contribution < 1.29 is 29.2 Å². The van der Waals surface area contributed by atoms with Crippen molar-refractivity contribution in [3.05, 3.63) is 57.6 Å². The summed E-state index contributed by atoms with van der Waals surface area (Å²) in [7, 11) is 1.61. The average Bonchev–Trinajstić information content (AvgIpc) is 2.77. The van der Waals surface area contributed by atoms with E-state index in [2.05, 4.69) is 13.8 Å². The van der Waals surface area contributed by atoms with E-state index in [1.165, 1.54) is 0 Å². The highest BCUT2D eigenvalue weighted by molar-refractivity contribution is 5.52. The maximum atomic E-state index is 10.8. The molecule has 6 nitrogen and oxygen atoms in total. The Morgan fingerprint density at radius 1 is 0.625 bits per heavy atom. The molecule has 2 N–H and O–H groups in total. The molecular formula is C26H38O6. The van der Waals surface area contributed by atoms with E-state index in [0.29, 0.717) is 46.2 Å². The lowest BCUT2D eigenvalue weighted by Crippen LogP contribution is -2.21. The van der Waals surface area contributed by atoms with E-state index in [0.717, 1.165) is 33.4 Å². The highest BCUT2D eigenvalue weighted by atomic mass is 16.5. The summed E-state index contributed by atoms with van der Waals surface area (Å²) in [6.45, 7) is 13.0. The molecule has 6 heteroatoms. The van der Waals surface area contributed by atoms with Crippen LogP contribution in [0.5, 0.6) is 11.5 Å². The topological polar surface area (TPSA) is 77.4 Å². The molecule has 0 saturated carbocycles. The zero-order valence-corrected chi connectivity index (χ0v) is 20.3. The van der Waals surface area contributed by atoms with E-state index < -0.39 is 5.41 Å². The third-order valence-electron chi connectivity index (χ3n) is 5.66. The quantitative estimate of drug-likeness (QED) is 0.441. The number of aromatic hydroxyl groups is 2. The van der Waals surface area contributed by atoms with Crippen LogP contribution in [-0.2, 0) is 50.8 Å². The van der Waals surface area contributed by atoms with Crippen molar-refractivity contribution in [2.24, 2.45) is 0 Å². The summed E-state index contributed by atoms with van der Waals surface area (Å²) in [5, 5.41) is 21.5. The van der Waals surface area contributed by atoms with Gasteiger partial charge in [-0.15, -0.1) is 0 Å². The van der Waals surface area contributed by atoms with Crippen molar-refractivity contribution in [2.75, 3.05) is 26.9 Å². The molecule has 0 spiro atoms. The van der Waals surface area contributed by atoms with Crippen LogP contribution in [-0.4, -0.2) is 37.1 Å². The molecule has 2 rings (SSSR count). The normalized spacial score (nSPS) is 11.8. The van der Waals surface area contributed by atoms with E-state index >= 15 is 0 Å². The summed E-state index contributed by atoms with van der Waals surface area (Å²) in [6, 6.07) is 7.95. The first-order valence-electron chi connectivity index (χ1n) is 11.2.